The Labute approximate surface area is 175 Å². The minimum atomic E-state index is -0.0443. The van der Waals surface area contributed by atoms with Gasteiger partial charge >= 0.3 is 5.97 Å². The lowest BCUT2D eigenvalue weighted by Crippen LogP contribution is -2.46. The molecule has 1 saturated heterocycles. The summed E-state index contributed by atoms with van der Waals surface area (Å²) in [7, 11) is 0. The number of likely N-dealkylation sites (tertiary alicyclic amines) is 1. The average molecular weight is 401 g/mol. The molecule has 2 aliphatic rings. The Bertz CT molecular complexity index is 683. The fourth-order valence-corrected chi connectivity index (χ4v) is 4.24. The van der Waals surface area contributed by atoms with Crippen LogP contribution >= 0.6 is 0 Å². The maximum Gasteiger partial charge on any atom is 0.309 e. The minimum Gasteiger partial charge on any atom is -0.466 e. The summed E-state index contributed by atoms with van der Waals surface area (Å²) >= 11 is 0. The number of carbonyl (C=O) groups excluding carboxylic acids is 1. The third-order valence-corrected chi connectivity index (χ3v) is 5.85. The van der Waals surface area contributed by atoms with Gasteiger partial charge in [-0.2, -0.15) is 0 Å². The minimum absolute atomic E-state index is 0.0380. The quantitative estimate of drug-likeness (QED) is 0.330. The lowest BCUT2D eigenvalue weighted by molar-refractivity contribution is -0.149. The number of nitrogens with one attached hydrogen (secondary N) is 1. The van der Waals surface area contributed by atoms with E-state index in [0.717, 1.165) is 77.5 Å². The predicted octanol–water partition coefficient (Wildman–Crippen LogP) is 2.68. The van der Waals surface area contributed by atoms with Gasteiger partial charge in [-0.3, -0.25) is 14.7 Å². The number of fused-ring (bicyclic) bond motifs is 1. The number of nitrogens with zero attached hydrogens (tertiary/aromatic N) is 3. The first-order valence-electron chi connectivity index (χ1n) is 11.2. The molecule has 0 aliphatic carbocycles. The maximum atomic E-state index is 11.9. The van der Waals surface area contributed by atoms with Gasteiger partial charge in [-0.05, 0) is 50.7 Å². The van der Waals surface area contributed by atoms with E-state index in [4.69, 9.17) is 9.73 Å². The van der Waals surface area contributed by atoms with Crippen LogP contribution in [0.2, 0.25) is 0 Å². The lowest BCUT2D eigenvalue weighted by atomic mass is 9.97. The first-order chi connectivity index (χ1) is 14.2. The highest BCUT2D eigenvalue weighted by Gasteiger charge is 2.27. The van der Waals surface area contributed by atoms with Crippen molar-refractivity contribution in [2.24, 2.45) is 10.9 Å². The molecule has 0 spiro atoms. The zero-order valence-electron chi connectivity index (χ0n) is 18.0. The van der Waals surface area contributed by atoms with E-state index in [1.54, 1.807) is 0 Å². The standard InChI is InChI=1S/C23H36N4O2/c1-3-24-23(27-16-11-20(12-17-27)22(28)29-4-2)25-13-7-14-26-15-10-19-8-5-6-9-21(19)18-26/h5-6,8-9,20H,3-4,7,10-18H2,1-2H3,(H,24,25). The van der Waals surface area contributed by atoms with Crippen molar-refractivity contribution in [2.45, 2.75) is 46.1 Å². The molecule has 1 aromatic carbocycles. The van der Waals surface area contributed by atoms with Gasteiger partial charge in [-0.1, -0.05) is 24.3 Å². The van der Waals surface area contributed by atoms with Crippen LogP contribution in [0.4, 0.5) is 0 Å². The third kappa shape index (κ3) is 6.20. The van der Waals surface area contributed by atoms with E-state index < -0.39 is 0 Å². The molecule has 3 rings (SSSR count). The van der Waals surface area contributed by atoms with E-state index in [1.165, 1.54) is 11.1 Å². The Kier molecular flexibility index (Phi) is 8.35. The van der Waals surface area contributed by atoms with Gasteiger partial charge in [0.25, 0.3) is 0 Å². The molecular formula is C23H36N4O2. The Morgan fingerprint density at radius 3 is 2.66 bits per heavy atom. The van der Waals surface area contributed by atoms with Crippen LogP contribution < -0.4 is 5.32 Å². The molecule has 6 heteroatoms. The molecule has 0 unspecified atom stereocenters. The van der Waals surface area contributed by atoms with E-state index in [-0.39, 0.29) is 11.9 Å². The molecule has 1 N–H and O–H groups in total. The molecule has 0 atom stereocenters. The maximum absolute atomic E-state index is 11.9. The largest absolute Gasteiger partial charge is 0.466 e. The second-order valence-corrected chi connectivity index (χ2v) is 7.90. The first kappa shape index (κ1) is 21.6. The van der Waals surface area contributed by atoms with Gasteiger partial charge in [0.2, 0.25) is 0 Å². The van der Waals surface area contributed by atoms with Gasteiger partial charge < -0.3 is 15.0 Å². The number of aliphatic imine (C=N–C) groups is 1. The van der Waals surface area contributed by atoms with Crippen LogP contribution in [0.3, 0.4) is 0 Å². The van der Waals surface area contributed by atoms with E-state index >= 15 is 0 Å². The molecular weight excluding hydrogens is 364 g/mol. The SMILES string of the molecule is CCNC(=NCCCN1CCc2ccccc2C1)N1CCC(C(=O)OCC)CC1. The van der Waals surface area contributed by atoms with Crippen LogP contribution in [-0.2, 0) is 22.5 Å². The fraction of sp³-hybridized carbons (Fsp3) is 0.652. The highest BCUT2D eigenvalue weighted by atomic mass is 16.5. The molecule has 2 heterocycles. The van der Waals surface area contributed by atoms with Gasteiger partial charge in [-0.15, -0.1) is 0 Å². The summed E-state index contributed by atoms with van der Waals surface area (Å²) in [5, 5.41) is 3.42. The molecule has 0 amide bonds. The number of carbonyl (C=O) groups is 1. The van der Waals surface area contributed by atoms with Gasteiger partial charge in [-0.25, -0.2) is 0 Å². The fourth-order valence-electron chi connectivity index (χ4n) is 4.24. The summed E-state index contributed by atoms with van der Waals surface area (Å²) in [6, 6.07) is 8.79. The molecule has 0 bridgehead atoms. The van der Waals surface area contributed by atoms with Crippen LogP contribution in [-0.4, -0.2) is 67.6 Å². The van der Waals surface area contributed by atoms with Gasteiger partial charge in [0.15, 0.2) is 5.96 Å². The number of hydrogen-bond acceptors (Lipinski definition) is 4. The lowest BCUT2D eigenvalue weighted by Gasteiger charge is -2.33. The molecule has 2 aliphatic heterocycles. The van der Waals surface area contributed by atoms with Crippen LogP contribution in [0.15, 0.2) is 29.3 Å². The van der Waals surface area contributed by atoms with Gasteiger partial charge in [0.1, 0.15) is 0 Å². The average Bonchev–Trinajstić information content (AvgIpc) is 2.76. The van der Waals surface area contributed by atoms with Crippen molar-refractivity contribution in [1.82, 2.24) is 15.1 Å². The smallest absolute Gasteiger partial charge is 0.309 e. The van der Waals surface area contributed by atoms with E-state index in [9.17, 15) is 4.79 Å². The number of hydrogen-bond donors (Lipinski definition) is 1. The summed E-state index contributed by atoms with van der Waals surface area (Å²) in [6.07, 6.45) is 3.90. The van der Waals surface area contributed by atoms with Crippen molar-refractivity contribution < 1.29 is 9.53 Å². The van der Waals surface area contributed by atoms with Crippen molar-refractivity contribution in [3.8, 4) is 0 Å². The predicted molar refractivity (Wildman–Crippen MR) is 117 cm³/mol. The zero-order chi connectivity index (χ0) is 20.5. The zero-order valence-corrected chi connectivity index (χ0v) is 18.0. The van der Waals surface area contributed by atoms with Crippen LogP contribution in [0.1, 0.15) is 44.2 Å². The molecule has 0 radical (unpaired) electrons. The van der Waals surface area contributed by atoms with Crippen LogP contribution in [0.5, 0.6) is 0 Å². The van der Waals surface area contributed by atoms with Gasteiger partial charge in [0.05, 0.1) is 12.5 Å². The molecule has 6 nitrogen and oxygen atoms in total. The second-order valence-electron chi connectivity index (χ2n) is 7.90. The summed E-state index contributed by atoms with van der Waals surface area (Å²) in [5.74, 6) is 0.979. The summed E-state index contributed by atoms with van der Waals surface area (Å²) < 4.78 is 5.18. The summed E-state index contributed by atoms with van der Waals surface area (Å²) in [5.41, 5.74) is 2.97. The number of guanidine groups is 1. The topological polar surface area (TPSA) is 57.2 Å². The summed E-state index contributed by atoms with van der Waals surface area (Å²) in [4.78, 5) is 21.6. The van der Waals surface area contributed by atoms with Crippen LogP contribution in [0.25, 0.3) is 0 Å². The van der Waals surface area contributed by atoms with Crippen molar-refractivity contribution in [3.63, 3.8) is 0 Å². The van der Waals surface area contributed by atoms with Crippen LogP contribution in [0, 0.1) is 5.92 Å². The van der Waals surface area contributed by atoms with Crippen molar-refractivity contribution in [2.75, 3.05) is 45.9 Å². The molecule has 29 heavy (non-hydrogen) atoms. The van der Waals surface area contributed by atoms with E-state index in [2.05, 4.69) is 46.3 Å². The van der Waals surface area contributed by atoms with Crippen molar-refractivity contribution in [1.29, 1.82) is 0 Å². The first-order valence-corrected chi connectivity index (χ1v) is 11.2. The number of piperidine rings is 1. The Balaban J connectivity index is 1.43. The molecule has 0 saturated carbocycles. The van der Waals surface area contributed by atoms with Crippen molar-refractivity contribution >= 4 is 11.9 Å². The highest BCUT2D eigenvalue weighted by Crippen LogP contribution is 2.20. The third-order valence-electron chi connectivity index (χ3n) is 5.85. The number of esters is 1. The number of benzene rings is 1. The highest BCUT2D eigenvalue weighted by molar-refractivity contribution is 5.80. The van der Waals surface area contributed by atoms with Gasteiger partial charge in [0, 0.05) is 45.8 Å². The van der Waals surface area contributed by atoms with E-state index in [0.29, 0.717) is 6.61 Å². The molecule has 160 valence electrons. The number of ether oxygens (including phenoxy) is 1. The molecule has 1 fully saturated rings. The number of rotatable bonds is 7. The Hall–Kier alpha value is -2.08. The second kappa shape index (κ2) is 11.2. The normalized spacial score (nSPS) is 18.4. The van der Waals surface area contributed by atoms with E-state index in [1.807, 2.05) is 6.92 Å². The summed E-state index contributed by atoms with van der Waals surface area (Å²) in [6.45, 7) is 11.1. The molecule has 0 aromatic heterocycles. The Morgan fingerprint density at radius 2 is 1.93 bits per heavy atom. The molecule has 1 aromatic rings. The van der Waals surface area contributed by atoms with Crippen molar-refractivity contribution in [3.05, 3.63) is 35.4 Å². The monoisotopic (exact) mass is 400 g/mol. The Morgan fingerprint density at radius 1 is 1.17 bits per heavy atom.